The Morgan fingerprint density at radius 2 is 1.89 bits per heavy atom. The highest BCUT2D eigenvalue weighted by atomic mass is 32.1. The van der Waals surface area contributed by atoms with Crippen molar-refractivity contribution in [2.75, 3.05) is 0 Å². The van der Waals surface area contributed by atoms with E-state index in [1.54, 1.807) is 6.20 Å². The second-order valence-corrected chi connectivity index (χ2v) is 5.10. The van der Waals surface area contributed by atoms with E-state index in [-0.39, 0.29) is 0 Å². The van der Waals surface area contributed by atoms with Gasteiger partial charge in [-0.1, -0.05) is 24.8 Å². The molecule has 0 aromatic rings. The van der Waals surface area contributed by atoms with E-state index in [0.29, 0.717) is 0 Å². The lowest BCUT2D eigenvalue weighted by atomic mass is 9.99. The van der Waals surface area contributed by atoms with Crippen LogP contribution in [0.3, 0.4) is 0 Å². The molecule has 0 atom stereocenters. The molecular formula is C16H21NS. The normalized spacial score (nSPS) is 16.7. The highest BCUT2D eigenvalue weighted by Crippen LogP contribution is 2.31. The summed E-state index contributed by atoms with van der Waals surface area (Å²) in [6.07, 6.45) is 8.00. The first-order valence-electron chi connectivity index (χ1n) is 5.93. The van der Waals surface area contributed by atoms with Crippen molar-refractivity contribution >= 4 is 12.6 Å². The van der Waals surface area contributed by atoms with Gasteiger partial charge in [0.2, 0.25) is 0 Å². The molecule has 0 saturated carbocycles. The maximum atomic E-state index is 4.55. The molecule has 1 aliphatic rings. The number of allylic oxidation sites excluding steroid dienone is 6. The van der Waals surface area contributed by atoms with Gasteiger partial charge in [0.15, 0.2) is 0 Å². The molecule has 2 heteroatoms. The van der Waals surface area contributed by atoms with Gasteiger partial charge >= 0.3 is 0 Å². The van der Waals surface area contributed by atoms with E-state index in [9.17, 15) is 0 Å². The van der Waals surface area contributed by atoms with Crippen molar-refractivity contribution in [3.8, 4) is 0 Å². The van der Waals surface area contributed by atoms with E-state index >= 15 is 0 Å². The third-order valence-electron chi connectivity index (χ3n) is 2.87. The minimum Gasteiger partial charge on any atom is -0.322 e. The lowest BCUT2D eigenvalue weighted by Gasteiger charge is -2.28. The van der Waals surface area contributed by atoms with Gasteiger partial charge in [-0.3, -0.25) is 0 Å². The highest BCUT2D eigenvalue weighted by Gasteiger charge is 2.16. The fraction of sp³-hybridized carbons (Fsp3) is 0.250. The Kier molecular flexibility index (Phi) is 4.85. The maximum absolute atomic E-state index is 4.55. The first-order valence-corrected chi connectivity index (χ1v) is 6.38. The van der Waals surface area contributed by atoms with E-state index in [0.717, 1.165) is 27.4 Å². The van der Waals surface area contributed by atoms with Crippen LogP contribution in [0.25, 0.3) is 0 Å². The third kappa shape index (κ3) is 3.08. The monoisotopic (exact) mass is 259 g/mol. The summed E-state index contributed by atoms with van der Waals surface area (Å²) in [4.78, 5) is 2.96. The quantitative estimate of drug-likeness (QED) is 0.554. The van der Waals surface area contributed by atoms with Crippen molar-refractivity contribution < 1.29 is 0 Å². The lowest BCUT2D eigenvalue weighted by molar-refractivity contribution is 0.584. The lowest BCUT2D eigenvalue weighted by Crippen LogP contribution is -2.18. The molecule has 0 unspecified atom stereocenters. The minimum absolute atomic E-state index is 0.941. The van der Waals surface area contributed by atoms with Crippen LogP contribution in [0.4, 0.5) is 0 Å². The van der Waals surface area contributed by atoms with Crippen LogP contribution >= 0.6 is 12.6 Å². The zero-order chi connectivity index (χ0) is 13.9. The van der Waals surface area contributed by atoms with Gasteiger partial charge in [-0.25, -0.2) is 0 Å². The van der Waals surface area contributed by atoms with Crippen LogP contribution in [-0.4, -0.2) is 4.90 Å². The molecule has 1 heterocycles. The van der Waals surface area contributed by atoms with Crippen LogP contribution in [0.2, 0.25) is 0 Å². The van der Waals surface area contributed by atoms with E-state index in [4.69, 9.17) is 0 Å². The molecule has 1 nitrogen and oxygen atoms in total. The summed E-state index contributed by atoms with van der Waals surface area (Å²) >= 11 is 4.55. The van der Waals surface area contributed by atoms with Crippen molar-refractivity contribution in [1.29, 1.82) is 0 Å². The van der Waals surface area contributed by atoms with Crippen molar-refractivity contribution in [1.82, 2.24) is 4.90 Å². The van der Waals surface area contributed by atoms with Crippen molar-refractivity contribution in [2.24, 2.45) is 0 Å². The number of hydrogen-bond donors (Lipinski definition) is 1. The van der Waals surface area contributed by atoms with Gasteiger partial charge in [-0.2, -0.15) is 0 Å². The van der Waals surface area contributed by atoms with Crippen LogP contribution in [-0.2, 0) is 0 Å². The second-order valence-electron chi connectivity index (χ2n) is 4.62. The molecule has 96 valence electrons. The van der Waals surface area contributed by atoms with Crippen LogP contribution in [0, 0.1) is 0 Å². The molecule has 0 saturated heterocycles. The Morgan fingerprint density at radius 1 is 1.28 bits per heavy atom. The summed E-state index contributed by atoms with van der Waals surface area (Å²) < 4.78 is 0. The molecular weight excluding hydrogens is 238 g/mol. The molecule has 0 bridgehead atoms. The van der Waals surface area contributed by atoms with E-state index in [1.165, 1.54) is 5.57 Å². The predicted molar refractivity (Wildman–Crippen MR) is 84.1 cm³/mol. The van der Waals surface area contributed by atoms with Crippen molar-refractivity contribution in [2.45, 2.75) is 27.7 Å². The average molecular weight is 259 g/mol. The van der Waals surface area contributed by atoms with Crippen LogP contribution in [0.15, 0.2) is 70.6 Å². The van der Waals surface area contributed by atoms with Crippen molar-refractivity contribution in [3.05, 3.63) is 70.6 Å². The number of hydrogen-bond acceptors (Lipinski definition) is 2. The molecule has 0 fully saturated rings. The topological polar surface area (TPSA) is 3.24 Å². The molecule has 0 radical (unpaired) electrons. The second kappa shape index (κ2) is 5.96. The van der Waals surface area contributed by atoms with Gasteiger partial charge in [0.05, 0.1) is 0 Å². The first kappa shape index (κ1) is 14.7. The SMILES string of the molecule is C=CN1C(=C)C(/C(C)=C(\S)C=C(C)C)=CC=C1C. The van der Waals surface area contributed by atoms with Gasteiger partial charge in [-0.15, -0.1) is 12.6 Å². The Hall–Kier alpha value is -1.41. The number of rotatable bonds is 3. The Morgan fingerprint density at radius 3 is 2.39 bits per heavy atom. The van der Waals surface area contributed by atoms with E-state index in [1.807, 2.05) is 11.8 Å². The molecule has 0 amide bonds. The molecule has 0 aliphatic carbocycles. The first-order chi connectivity index (χ1) is 8.38. The average Bonchev–Trinajstić information content (AvgIpc) is 2.28. The fourth-order valence-corrected chi connectivity index (χ4v) is 2.22. The summed E-state index contributed by atoms with van der Waals surface area (Å²) in [6, 6.07) is 0. The van der Waals surface area contributed by atoms with E-state index in [2.05, 4.69) is 64.8 Å². The Labute approximate surface area is 116 Å². The fourth-order valence-electron chi connectivity index (χ4n) is 1.84. The summed E-state index contributed by atoms with van der Waals surface area (Å²) in [5.74, 6) is 0. The third-order valence-corrected chi connectivity index (χ3v) is 3.33. The molecule has 18 heavy (non-hydrogen) atoms. The molecule has 0 spiro atoms. The largest absolute Gasteiger partial charge is 0.322 e. The van der Waals surface area contributed by atoms with E-state index < -0.39 is 0 Å². The van der Waals surface area contributed by atoms with Gasteiger partial charge in [0.25, 0.3) is 0 Å². The number of thiol groups is 1. The molecule has 1 aliphatic heterocycles. The molecule has 1 rings (SSSR count). The molecule has 0 N–H and O–H groups in total. The molecule has 0 aromatic carbocycles. The Bertz CT molecular complexity index is 497. The minimum atomic E-state index is 0.941. The van der Waals surface area contributed by atoms with Crippen molar-refractivity contribution in [3.63, 3.8) is 0 Å². The zero-order valence-electron chi connectivity index (χ0n) is 11.6. The highest BCUT2D eigenvalue weighted by molar-refractivity contribution is 7.84. The Balaban J connectivity index is 3.23. The van der Waals surface area contributed by atoms with Crippen LogP contribution < -0.4 is 0 Å². The van der Waals surface area contributed by atoms with Crippen LogP contribution in [0.5, 0.6) is 0 Å². The predicted octanol–water partition coefficient (Wildman–Crippen LogP) is 4.96. The van der Waals surface area contributed by atoms with Gasteiger partial charge in [0, 0.05) is 28.1 Å². The zero-order valence-corrected chi connectivity index (χ0v) is 12.5. The summed E-state index contributed by atoms with van der Waals surface area (Å²) in [5.41, 5.74) is 5.52. The van der Waals surface area contributed by atoms with Gasteiger partial charge in [-0.05, 0) is 45.4 Å². The molecule has 0 aromatic heterocycles. The van der Waals surface area contributed by atoms with Crippen LogP contribution in [0.1, 0.15) is 27.7 Å². The summed E-state index contributed by atoms with van der Waals surface area (Å²) in [6.45, 7) is 16.2. The number of nitrogens with zero attached hydrogens (tertiary/aromatic N) is 1. The smallest absolute Gasteiger partial charge is 0.0455 e. The van der Waals surface area contributed by atoms with Gasteiger partial charge in [0.1, 0.15) is 0 Å². The maximum Gasteiger partial charge on any atom is 0.0455 e. The summed E-state index contributed by atoms with van der Waals surface area (Å²) in [5, 5.41) is 0. The standard InChI is InChI=1S/C16H21NS/c1-7-17-12(4)8-9-15(14(17)6)13(5)16(18)10-11(2)3/h7-10,18H,1,6H2,2-5H3/b16-13-. The van der Waals surface area contributed by atoms with Gasteiger partial charge < -0.3 is 4.90 Å². The summed E-state index contributed by atoms with van der Waals surface area (Å²) in [7, 11) is 0.